The first-order chi connectivity index (χ1) is 16.3. The zero-order chi connectivity index (χ0) is 24.4. The summed E-state index contributed by atoms with van der Waals surface area (Å²) in [6.45, 7) is 0. The van der Waals surface area contributed by atoms with E-state index in [-0.39, 0.29) is 28.0 Å². The third-order valence-electron chi connectivity index (χ3n) is 4.94. The molecule has 0 aromatic carbocycles. The Morgan fingerprint density at radius 1 is 1.50 bits per heavy atom. The Labute approximate surface area is 205 Å². The van der Waals surface area contributed by atoms with Gasteiger partial charge in [-0.15, -0.1) is 23.1 Å². The summed E-state index contributed by atoms with van der Waals surface area (Å²) in [7, 11) is 1.27. The van der Waals surface area contributed by atoms with Gasteiger partial charge in [-0.1, -0.05) is 16.9 Å². The van der Waals surface area contributed by atoms with Crippen LogP contribution in [0.25, 0.3) is 0 Å². The first-order valence-electron chi connectivity index (χ1n) is 9.68. The van der Waals surface area contributed by atoms with Crippen molar-refractivity contribution in [2.24, 2.45) is 5.16 Å². The molecule has 2 aliphatic heterocycles. The van der Waals surface area contributed by atoms with Gasteiger partial charge in [0.1, 0.15) is 24.5 Å². The largest absolute Gasteiger partial charge is 0.618 e. The Balaban J connectivity index is 1.50. The van der Waals surface area contributed by atoms with Crippen LogP contribution < -0.4 is 15.8 Å². The zero-order valence-electron chi connectivity index (χ0n) is 17.5. The first kappa shape index (κ1) is 23.8. The van der Waals surface area contributed by atoms with Gasteiger partial charge in [-0.2, -0.15) is 4.73 Å². The fourth-order valence-corrected chi connectivity index (χ4v) is 6.31. The molecule has 2 unspecified atom stereocenters. The van der Waals surface area contributed by atoms with Crippen molar-refractivity contribution in [1.29, 1.82) is 0 Å². The fourth-order valence-electron chi connectivity index (χ4n) is 3.44. The predicted molar refractivity (Wildman–Crippen MR) is 126 cm³/mol. The van der Waals surface area contributed by atoms with E-state index >= 15 is 0 Å². The molecule has 4 rings (SSSR count). The summed E-state index contributed by atoms with van der Waals surface area (Å²) in [5.74, 6) is -1.92. The minimum atomic E-state index is -1.26. The van der Waals surface area contributed by atoms with Gasteiger partial charge in [-0.3, -0.25) is 14.5 Å². The maximum absolute atomic E-state index is 12.9. The summed E-state index contributed by atoms with van der Waals surface area (Å²) in [4.78, 5) is 48.1. The van der Waals surface area contributed by atoms with Gasteiger partial charge < -0.3 is 26.2 Å². The Bertz CT molecular complexity index is 1210. The molecule has 15 heteroatoms. The van der Waals surface area contributed by atoms with Gasteiger partial charge in [-0.05, 0) is 6.07 Å². The smallest absolute Gasteiger partial charge is 0.353 e. The van der Waals surface area contributed by atoms with Crippen LogP contribution in [-0.4, -0.2) is 69.2 Å². The highest BCUT2D eigenvalue weighted by molar-refractivity contribution is 8.06. The number of carboxylic acid groups (broad SMARTS) is 1. The number of anilines is 1. The lowest BCUT2D eigenvalue weighted by molar-refractivity contribution is -0.645. The minimum absolute atomic E-state index is 0.143. The Hall–Kier alpha value is -3.30. The van der Waals surface area contributed by atoms with Crippen molar-refractivity contribution in [1.82, 2.24) is 15.2 Å². The Kier molecular flexibility index (Phi) is 6.95. The highest BCUT2D eigenvalue weighted by Crippen LogP contribution is 2.40. The number of thioether (sulfide) groups is 2. The van der Waals surface area contributed by atoms with Crippen LogP contribution >= 0.6 is 34.9 Å². The lowest BCUT2D eigenvalue weighted by atomic mass is 9.94. The number of aliphatic carboxylic acids is 1. The van der Waals surface area contributed by atoms with Crippen LogP contribution in [0.4, 0.5) is 5.13 Å². The highest BCUT2D eigenvalue weighted by Gasteiger charge is 2.54. The number of amides is 2. The summed E-state index contributed by atoms with van der Waals surface area (Å²) >= 11 is 3.58. The molecule has 0 spiro atoms. The molecule has 0 bridgehead atoms. The highest BCUT2D eigenvalue weighted by atomic mass is 32.2. The topological polar surface area (TPSA) is 174 Å². The maximum Gasteiger partial charge on any atom is 0.353 e. The zero-order valence-corrected chi connectivity index (χ0v) is 20.0. The van der Waals surface area contributed by atoms with Crippen molar-refractivity contribution in [2.45, 2.75) is 17.1 Å². The van der Waals surface area contributed by atoms with Crippen LogP contribution in [0.3, 0.4) is 0 Å². The number of hydrogen-bond acceptors (Lipinski definition) is 11. The molecule has 2 aromatic heterocycles. The normalized spacial score (nSPS) is 20.0. The van der Waals surface area contributed by atoms with E-state index in [1.807, 2.05) is 0 Å². The van der Waals surface area contributed by atoms with Crippen LogP contribution in [0.2, 0.25) is 0 Å². The Morgan fingerprint density at radius 3 is 2.94 bits per heavy atom. The molecule has 2 amide bonds. The molecule has 2 atom stereocenters. The second-order valence-corrected chi connectivity index (χ2v) is 9.96. The number of aromatic nitrogens is 2. The van der Waals surface area contributed by atoms with Crippen molar-refractivity contribution in [3.63, 3.8) is 0 Å². The summed E-state index contributed by atoms with van der Waals surface area (Å²) in [5, 5.41) is 30.1. The van der Waals surface area contributed by atoms with Gasteiger partial charge in [0, 0.05) is 33.9 Å². The number of carboxylic acids is 1. The van der Waals surface area contributed by atoms with E-state index in [1.165, 1.54) is 47.1 Å². The number of carbonyl (C=O) groups excluding carboxylic acids is 2. The molecular formula is C19H18N6O6S3. The molecule has 2 aliphatic rings. The maximum atomic E-state index is 12.9. The average Bonchev–Trinajstić information content (AvgIpc) is 3.25. The standard InChI is InChI=1S/C19H18N6O6S3/c1-31-23-13(9-6-34-19(20)21-9)16(26)22-14-10-7-32-11(15(18(28)29)25(10)17(14)27)8-33-12-4-2-3-5-24(12)30/h2-6,10,14H,7-8H2,1H3,(H2,20,21)(H,22,26)(H,28,29). The van der Waals surface area contributed by atoms with Crippen molar-refractivity contribution >= 4 is 63.5 Å². The quantitative estimate of drug-likeness (QED) is 0.109. The van der Waals surface area contributed by atoms with Gasteiger partial charge in [0.2, 0.25) is 0 Å². The summed E-state index contributed by atoms with van der Waals surface area (Å²) in [6.07, 6.45) is 1.35. The fraction of sp³-hybridized carbons (Fsp3) is 0.263. The monoisotopic (exact) mass is 522 g/mol. The van der Waals surface area contributed by atoms with Crippen LogP contribution in [0.1, 0.15) is 5.69 Å². The minimum Gasteiger partial charge on any atom is -0.618 e. The Morgan fingerprint density at radius 2 is 2.29 bits per heavy atom. The molecular weight excluding hydrogens is 504 g/mol. The molecule has 1 fully saturated rings. The van der Waals surface area contributed by atoms with Crippen molar-refractivity contribution in [3.05, 3.63) is 51.3 Å². The molecule has 178 valence electrons. The van der Waals surface area contributed by atoms with Gasteiger partial charge in [0.05, 0.1) is 6.04 Å². The van der Waals surface area contributed by atoms with E-state index < -0.39 is 29.9 Å². The SMILES string of the molecule is CON=C(C(=O)NC1C(=O)N2C(C(=O)O)=C(CSc3cccc[n+]3[O-])SCC12)c1csc(N)n1. The number of thiazole rings is 1. The molecule has 4 N–H and O–H groups in total. The van der Waals surface area contributed by atoms with Gasteiger partial charge >= 0.3 is 5.97 Å². The molecule has 12 nitrogen and oxygen atoms in total. The lowest BCUT2D eigenvalue weighted by Gasteiger charge is -2.49. The van der Waals surface area contributed by atoms with Crippen LogP contribution in [0.5, 0.6) is 0 Å². The van der Waals surface area contributed by atoms with E-state index in [4.69, 9.17) is 10.6 Å². The number of nitrogens with zero attached hydrogens (tertiary/aromatic N) is 4. The molecule has 4 heterocycles. The van der Waals surface area contributed by atoms with Crippen LogP contribution in [0, 0.1) is 5.21 Å². The average molecular weight is 523 g/mol. The number of nitrogen functional groups attached to an aromatic ring is 1. The number of rotatable bonds is 8. The number of pyridine rings is 1. The molecule has 1 saturated heterocycles. The summed E-state index contributed by atoms with van der Waals surface area (Å²) < 4.78 is 0.692. The number of nitrogens with two attached hydrogens (primary N) is 1. The second kappa shape index (κ2) is 9.90. The van der Waals surface area contributed by atoms with Gasteiger partial charge in [0.25, 0.3) is 16.8 Å². The summed E-state index contributed by atoms with van der Waals surface area (Å²) in [6, 6.07) is 3.45. The molecule has 2 aromatic rings. The lowest BCUT2D eigenvalue weighted by Crippen LogP contribution is -2.73. The van der Waals surface area contributed by atoms with Crippen LogP contribution in [0.15, 0.2) is 50.6 Å². The van der Waals surface area contributed by atoms with Gasteiger partial charge in [0.15, 0.2) is 17.0 Å². The van der Waals surface area contributed by atoms with E-state index in [0.29, 0.717) is 20.4 Å². The third-order valence-corrected chi connectivity index (χ3v) is 8.04. The van der Waals surface area contributed by atoms with E-state index in [1.54, 1.807) is 18.2 Å². The number of carbonyl (C=O) groups is 3. The van der Waals surface area contributed by atoms with E-state index in [0.717, 1.165) is 11.3 Å². The number of oxime groups is 1. The summed E-state index contributed by atoms with van der Waals surface area (Å²) in [5.41, 5.74) is 5.53. The van der Waals surface area contributed by atoms with Crippen molar-refractivity contribution in [2.75, 3.05) is 24.3 Å². The van der Waals surface area contributed by atoms with Crippen LogP contribution in [-0.2, 0) is 19.2 Å². The predicted octanol–water partition coefficient (Wildman–Crippen LogP) is 0.240. The third kappa shape index (κ3) is 4.53. The molecule has 0 aliphatic carbocycles. The number of fused-ring (bicyclic) bond motifs is 1. The molecule has 0 saturated carbocycles. The van der Waals surface area contributed by atoms with Crippen molar-refractivity contribution < 1.29 is 29.1 Å². The van der Waals surface area contributed by atoms with E-state index in [2.05, 4.69) is 15.5 Å². The number of β-lactam (4-membered cyclic amide) rings is 1. The number of hydrogen-bond donors (Lipinski definition) is 3. The molecule has 34 heavy (non-hydrogen) atoms. The van der Waals surface area contributed by atoms with E-state index in [9.17, 15) is 24.7 Å². The molecule has 0 radical (unpaired) electrons. The van der Waals surface area contributed by atoms with Gasteiger partial charge in [-0.25, -0.2) is 9.78 Å². The first-order valence-corrected chi connectivity index (χ1v) is 12.5. The second-order valence-electron chi connectivity index (χ2n) is 6.96. The van der Waals surface area contributed by atoms with Crippen molar-refractivity contribution in [3.8, 4) is 0 Å². The number of nitrogens with one attached hydrogen (secondary N) is 1.